The van der Waals surface area contributed by atoms with E-state index < -0.39 is 0 Å². The molecule has 4 atom stereocenters. The van der Waals surface area contributed by atoms with Crippen LogP contribution in [0.4, 0.5) is 0 Å². The summed E-state index contributed by atoms with van der Waals surface area (Å²) in [6.45, 7) is 1.99. The van der Waals surface area contributed by atoms with Gasteiger partial charge in [-0.2, -0.15) is 0 Å². The number of fused-ring (bicyclic) bond motifs is 2. The largest absolute Gasteiger partial charge is 0.493 e. The Kier molecular flexibility index (Phi) is 6.59. The lowest BCUT2D eigenvalue weighted by molar-refractivity contribution is -0.133. The summed E-state index contributed by atoms with van der Waals surface area (Å²) in [5.74, 6) is 0.291. The molecule has 0 bridgehead atoms. The average molecular weight is 475 g/mol. The van der Waals surface area contributed by atoms with Crippen molar-refractivity contribution in [3.8, 4) is 5.75 Å². The first-order chi connectivity index (χ1) is 17.0. The molecule has 4 unspecified atom stereocenters. The summed E-state index contributed by atoms with van der Waals surface area (Å²) in [5, 5.41) is 4.23. The van der Waals surface area contributed by atoms with Gasteiger partial charge in [-0.15, -0.1) is 0 Å². The molecule has 1 aliphatic carbocycles. The van der Waals surface area contributed by atoms with Crippen molar-refractivity contribution in [1.29, 1.82) is 0 Å². The van der Waals surface area contributed by atoms with Crippen molar-refractivity contribution in [2.45, 2.75) is 50.9 Å². The van der Waals surface area contributed by atoms with Gasteiger partial charge in [-0.25, -0.2) is 0 Å². The van der Waals surface area contributed by atoms with Crippen LogP contribution in [-0.2, 0) is 20.7 Å². The molecule has 1 saturated carbocycles. The number of carbonyl (C=O) groups excluding carboxylic acids is 2. The molecule has 5 rings (SSSR count). The Hall–Kier alpha value is -3.58. The summed E-state index contributed by atoms with van der Waals surface area (Å²) in [6.07, 6.45) is 6.36. The van der Waals surface area contributed by atoms with E-state index in [0.29, 0.717) is 17.7 Å². The zero-order chi connectivity index (χ0) is 24.4. The third-order valence-electron chi connectivity index (χ3n) is 6.93. The molecule has 182 valence electrons. The monoisotopic (exact) mass is 474 g/mol. The van der Waals surface area contributed by atoms with Crippen LogP contribution in [0.25, 0.3) is 10.9 Å². The molecule has 0 saturated heterocycles. The number of carbonyl (C=O) groups is 2. The Balaban J connectivity index is 1.18. The molecule has 7 heteroatoms. The van der Waals surface area contributed by atoms with Gasteiger partial charge in [0.25, 0.3) is 5.91 Å². The molecule has 2 aliphatic rings. The molecule has 2 heterocycles. The highest BCUT2D eigenvalue weighted by molar-refractivity contribution is 5.97. The molecule has 1 aliphatic heterocycles. The first-order valence-electron chi connectivity index (χ1n) is 12.1. The molecule has 0 radical (unpaired) electrons. The number of aromatic amines is 1. The van der Waals surface area contributed by atoms with Gasteiger partial charge in [0.2, 0.25) is 11.5 Å². The van der Waals surface area contributed by atoms with E-state index in [1.165, 1.54) is 17.2 Å². The molecule has 2 N–H and O–H groups in total. The Morgan fingerprint density at radius 2 is 1.97 bits per heavy atom. The van der Waals surface area contributed by atoms with Crippen LogP contribution < -0.4 is 10.1 Å². The van der Waals surface area contributed by atoms with E-state index in [9.17, 15) is 9.59 Å². The van der Waals surface area contributed by atoms with Gasteiger partial charge in [-0.3, -0.25) is 9.59 Å². The van der Waals surface area contributed by atoms with E-state index in [-0.39, 0.29) is 41.6 Å². The minimum atomic E-state index is -0.204. The normalized spacial score (nSPS) is 22.6. The number of aromatic nitrogens is 1. The molecule has 7 nitrogen and oxygen atoms in total. The molecule has 35 heavy (non-hydrogen) atoms. The van der Waals surface area contributed by atoms with E-state index in [2.05, 4.69) is 16.4 Å². The number of ketones is 1. The van der Waals surface area contributed by atoms with Gasteiger partial charge in [-0.05, 0) is 62.1 Å². The van der Waals surface area contributed by atoms with E-state index in [4.69, 9.17) is 14.2 Å². The van der Waals surface area contributed by atoms with Gasteiger partial charge in [-0.1, -0.05) is 18.2 Å². The van der Waals surface area contributed by atoms with Crippen molar-refractivity contribution in [3.05, 3.63) is 77.9 Å². The predicted octanol–water partition coefficient (Wildman–Crippen LogP) is 4.53. The van der Waals surface area contributed by atoms with Crippen molar-refractivity contribution in [2.75, 3.05) is 7.11 Å². The number of amides is 1. The number of hydrogen-bond donors (Lipinski definition) is 2. The van der Waals surface area contributed by atoms with Crippen LogP contribution in [0.5, 0.6) is 5.75 Å². The second kappa shape index (κ2) is 9.96. The molecule has 1 fully saturated rings. The Morgan fingerprint density at radius 1 is 1.17 bits per heavy atom. The van der Waals surface area contributed by atoms with E-state index in [0.717, 1.165) is 24.8 Å². The molecule has 3 aromatic rings. The quantitative estimate of drug-likeness (QED) is 0.525. The summed E-state index contributed by atoms with van der Waals surface area (Å²) < 4.78 is 17.0. The van der Waals surface area contributed by atoms with E-state index in [1.54, 1.807) is 31.4 Å². The second-order valence-electron chi connectivity index (χ2n) is 9.36. The number of methoxy groups -OCH3 is 1. The summed E-state index contributed by atoms with van der Waals surface area (Å²) in [6, 6.07) is 14.9. The molecule has 0 spiro atoms. The first kappa shape index (κ1) is 23.2. The molecule has 1 aromatic heterocycles. The highest BCUT2D eigenvalue weighted by atomic mass is 16.5. The molecule has 1 amide bonds. The average Bonchev–Trinajstić information content (AvgIpc) is 3.28. The number of hydrogen-bond acceptors (Lipinski definition) is 5. The summed E-state index contributed by atoms with van der Waals surface area (Å²) in [7, 11) is 1.69. The number of nitrogens with one attached hydrogen (secondary N) is 2. The highest BCUT2D eigenvalue weighted by Crippen LogP contribution is 2.35. The van der Waals surface area contributed by atoms with Crippen molar-refractivity contribution >= 4 is 22.6 Å². The first-order valence-corrected chi connectivity index (χ1v) is 12.1. The van der Waals surface area contributed by atoms with Crippen LogP contribution >= 0.6 is 0 Å². The van der Waals surface area contributed by atoms with Crippen molar-refractivity contribution in [2.24, 2.45) is 5.92 Å². The SMILES string of the molecule is COC1CCC2C(=O)C(Oc3ccc(C(=O)NC(C)Cc4c[nH]c5ccccc45)cc3)=COC2C1. The summed E-state index contributed by atoms with van der Waals surface area (Å²) in [5.41, 5.74) is 2.79. The smallest absolute Gasteiger partial charge is 0.251 e. The third-order valence-corrected chi connectivity index (χ3v) is 6.93. The fraction of sp³-hybridized carbons (Fsp3) is 0.357. The van der Waals surface area contributed by atoms with Gasteiger partial charge >= 0.3 is 0 Å². The maximum atomic E-state index is 12.9. The van der Waals surface area contributed by atoms with E-state index >= 15 is 0 Å². The number of ether oxygens (including phenoxy) is 3. The van der Waals surface area contributed by atoms with Crippen LogP contribution in [0, 0.1) is 5.92 Å². The highest BCUT2D eigenvalue weighted by Gasteiger charge is 2.41. The van der Waals surface area contributed by atoms with Gasteiger partial charge in [0.1, 0.15) is 18.1 Å². The lowest BCUT2D eigenvalue weighted by Gasteiger charge is -2.36. The third kappa shape index (κ3) is 4.95. The predicted molar refractivity (Wildman–Crippen MR) is 132 cm³/mol. The molecular formula is C28H30N2O5. The fourth-order valence-electron chi connectivity index (χ4n) is 5.01. The number of rotatable bonds is 7. The number of H-pyrrole nitrogens is 1. The summed E-state index contributed by atoms with van der Waals surface area (Å²) >= 11 is 0. The standard InChI is InChI=1S/C28H30N2O5/c1-17(13-19-15-29-24-6-4-3-5-22(19)24)30-28(32)18-7-9-20(10-8-18)35-26-16-34-25-14-21(33-2)11-12-23(25)27(26)31/h3-10,15-17,21,23,25,29H,11-14H2,1-2H3,(H,30,32). The van der Waals surface area contributed by atoms with Crippen molar-refractivity contribution in [3.63, 3.8) is 0 Å². The maximum Gasteiger partial charge on any atom is 0.251 e. The van der Waals surface area contributed by atoms with Crippen LogP contribution in [-0.4, -0.2) is 42.0 Å². The second-order valence-corrected chi connectivity index (χ2v) is 9.36. The lowest BCUT2D eigenvalue weighted by Crippen LogP contribution is -2.42. The molecular weight excluding hydrogens is 444 g/mol. The van der Waals surface area contributed by atoms with Crippen LogP contribution in [0.15, 0.2) is 66.7 Å². The van der Waals surface area contributed by atoms with Crippen LogP contribution in [0.3, 0.4) is 0 Å². The fourth-order valence-corrected chi connectivity index (χ4v) is 5.01. The lowest BCUT2D eigenvalue weighted by atomic mass is 9.80. The number of para-hydroxylation sites is 1. The minimum Gasteiger partial charge on any atom is -0.493 e. The topological polar surface area (TPSA) is 89.6 Å². The molecule has 2 aromatic carbocycles. The summed E-state index contributed by atoms with van der Waals surface area (Å²) in [4.78, 5) is 28.9. The zero-order valence-electron chi connectivity index (χ0n) is 20.0. The Morgan fingerprint density at radius 3 is 2.77 bits per heavy atom. The van der Waals surface area contributed by atoms with Crippen molar-refractivity contribution in [1.82, 2.24) is 10.3 Å². The number of allylic oxidation sites excluding steroid dienone is 1. The van der Waals surface area contributed by atoms with Gasteiger partial charge in [0.05, 0.1) is 12.0 Å². The zero-order valence-corrected chi connectivity index (χ0v) is 20.0. The van der Waals surface area contributed by atoms with Crippen molar-refractivity contribution < 1.29 is 23.8 Å². The minimum absolute atomic E-state index is 0.0382. The maximum absolute atomic E-state index is 12.9. The number of benzene rings is 2. The van der Waals surface area contributed by atoms with Gasteiger partial charge in [0, 0.05) is 42.2 Å². The van der Waals surface area contributed by atoms with Gasteiger partial charge < -0.3 is 24.5 Å². The Bertz CT molecular complexity index is 1250. The Labute approximate surface area is 204 Å². The number of Topliss-reactive ketones (excluding diaryl/α,β-unsaturated/α-hetero) is 1. The van der Waals surface area contributed by atoms with Gasteiger partial charge in [0.15, 0.2) is 0 Å². The van der Waals surface area contributed by atoms with Crippen LogP contribution in [0.2, 0.25) is 0 Å². The van der Waals surface area contributed by atoms with E-state index in [1.807, 2.05) is 31.3 Å². The van der Waals surface area contributed by atoms with Crippen LogP contribution in [0.1, 0.15) is 42.1 Å².